The van der Waals surface area contributed by atoms with E-state index in [4.69, 9.17) is 25.5 Å². The molecule has 0 radical (unpaired) electrons. The van der Waals surface area contributed by atoms with Gasteiger partial charge in [0.05, 0.1) is 11.6 Å². The maximum atomic E-state index is 11.7. The molecular weight excluding hydrogens is 384 g/mol. The Morgan fingerprint density at radius 1 is 1.17 bits per heavy atom. The summed E-state index contributed by atoms with van der Waals surface area (Å²) >= 11 is 9.31. The van der Waals surface area contributed by atoms with Crippen molar-refractivity contribution < 1.29 is 13.9 Å². The van der Waals surface area contributed by atoms with E-state index in [1.54, 1.807) is 31.4 Å². The minimum atomic E-state index is -0.431. The Labute approximate surface area is 145 Å². The Hall–Kier alpha value is -1.98. The number of benzene rings is 2. The maximum absolute atomic E-state index is 11.7. The van der Waals surface area contributed by atoms with E-state index in [0.717, 1.165) is 15.4 Å². The summed E-state index contributed by atoms with van der Waals surface area (Å²) in [6.45, 7) is 0.231. The molecule has 118 valence electrons. The molecule has 3 aromatic rings. The van der Waals surface area contributed by atoms with Gasteiger partial charge < -0.3 is 13.9 Å². The quantitative estimate of drug-likeness (QED) is 0.596. The maximum Gasteiger partial charge on any atom is 0.336 e. The van der Waals surface area contributed by atoms with Gasteiger partial charge in [0, 0.05) is 28.1 Å². The van der Waals surface area contributed by atoms with Gasteiger partial charge in [0.15, 0.2) is 0 Å². The van der Waals surface area contributed by atoms with Crippen molar-refractivity contribution in [1.82, 2.24) is 0 Å². The molecular formula is C17H12BrClO4. The first kappa shape index (κ1) is 15.9. The molecule has 1 heterocycles. The normalized spacial score (nSPS) is 10.7. The molecule has 2 aromatic carbocycles. The van der Waals surface area contributed by atoms with Gasteiger partial charge in [0.2, 0.25) is 0 Å². The van der Waals surface area contributed by atoms with Gasteiger partial charge in [-0.3, -0.25) is 0 Å². The third-order valence-electron chi connectivity index (χ3n) is 3.31. The topological polar surface area (TPSA) is 48.7 Å². The molecule has 23 heavy (non-hydrogen) atoms. The lowest BCUT2D eigenvalue weighted by atomic mass is 10.1. The molecule has 0 spiro atoms. The Balaban J connectivity index is 1.94. The molecule has 0 aliphatic rings. The minimum Gasteiger partial charge on any atom is -0.497 e. The van der Waals surface area contributed by atoms with Crippen molar-refractivity contribution in [2.75, 3.05) is 7.11 Å². The number of fused-ring (bicyclic) bond motifs is 1. The van der Waals surface area contributed by atoms with Gasteiger partial charge in [0.25, 0.3) is 0 Å². The number of ether oxygens (including phenoxy) is 2. The van der Waals surface area contributed by atoms with Crippen LogP contribution in [-0.4, -0.2) is 7.11 Å². The minimum absolute atomic E-state index is 0.231. The molecule has 0 bridgehead atoms. The zero-order chi connectivity index (χ0) is 16.4. The molecule has 0 aliphatic heterocycles. The van der Waals surface area contributed by atoms with E-state index in [-0.39, 0.29) is 6.61 Å². The molecule has 0 unspecified atom stereocenters. The monoisotopic (exact) mass is 394 g/mol. The lowest BCUT2D eigenvalue weighted by Gasteiger charge is -2.10. The zero-order valence-corrected chi connectivity index (χ0v) is 14.5. The Bertz CT molecular complexity index is 920. The lowest BCUT2D eigenvalue weighted by molar-refractivity contribution is 0.304. The zero-order valence-electron chi connectivity index (χ0n) is 12.1. The van der Waals surface area contributed by atoms with Crippen molar-refractivity contribution in [2.24, 2.45) is 0 Å². The molecule has 4 nitrogen and oxygen atoms in total. The largest absolute Gasteiger partial charge is 0.497 e. The van der Waals surface area contributed by atoms with Crippen molar-refractivity contribution in [2.45, 2.75) is 6.61 Å². The van der Waals surface area contributed by atoms with Crippen LogP contribution in [0.1, 0.15) is 5.56 Å². The van der Waals surface area contributed by atoms with Crippen LogP contribution in [0.2, 0.25) is 5.02 Å². The summed E-state index contributed by atoms with van der Waals surface area (Å²) in [6, 6.07) is 12.0. The van der Waals surface area contributed by atoms with E-state index >= 15 is 0 Å². The van der Waals surface area contributed by atoms with Crippen molar-refractivity contribution in [1.29, 1.82) is 0 Å². The van der Waals surface area contributed by atoms with Crippen LogP contribution in [0, 0.1) is 0 Å². The molecule has 0 saturated heterocycles. The second-order valence-corrected chi connectivity index (χ2v) is 6.11. The summed E-state index contributed by atoms with van der Waals surface area (Å²) in [4.78, 5) is 11.7. The second-order valence-electron chi connectivity index (χ2n) is 4.82. The van der Waals surface area contributed by atoms with Gasteiger partial charge in [-0.25, -0.2) is 4.79 Å². The first-order valence-corrected chi connectivity index (χ1v) is 7.92. The fourth-order valence-electron chi connectivity index (χ4n) is 2.20. The highest BCUT2D eigenvalue weighted by molar-refractivity contribution is 9.10. The van der Waals surface area contributed by atoms with E-state index in [9.17, 15) is 4.79 Å². The second kappa shape index (κ2) is 6.64. The highest BCUT2D eigenvalue weighted by atomic mass is 79.9. The first-order chi connectivity index (χ1) is 11.1. The highest BCUT2D eigenvalue weighted by Crippen LogP contribution is 2.29. The van der Waals surface area contributed by atoms with E-state index in [1.807, 2.05) is 12.1 Å². The SMILES string of the molecule is COc1ccc2c(COc3ccc(Cl)cc3Br)cc(=O)oc2c1. The molecule has 0 N–H and O–H groups in total. The summed E-state index contributed by atoms with van der Waals surface area (Å²) in [6.07, 6.45) is 0. The molecule has 1 aromatic heterocycles. The van der Waals surface area contributed by atoms with Crippen LogP contribution in [0.15, 0.2) is 56.1 Å². The average molecular weight is 396 g/mol. The van der Waals surface area contributed by atoms with Gasteiger partial charge in [-0.2, -0.15) is 0 Å². The average Bonchev–Trinajstić information content (AvgIpc) is 2.53. The third-order valence-corrected chi connectivity index (χ3v) is 4.17. The summed E-state index contributed by atoms with van der Waals surface area (Å²) in [5.74, 6) is 1.27. The molecule has 0 aliphatic carbocycles. The molecule has 0 amide bonds. The standard InChI is InChI=1S/C17H12BrClO4/c1-21-12-3-4-13-10(6-17(20)23-16(13)8-12)9-22-15-5-2-11(19)7-14(15)18/h2-8H,9H2,1H3. The smallest absolute Gasteiger partial charge is 0.336 e. The van der Waals surface area contributed by atoms with E-state index in [1.165, 1.54) is 6.07 Å². The van der Waals surface area contributed by atoms with Crippen LogP contribution in [-0.2, 0) is 6.61 Å². The lowest BCUT2D eigenvalue weighted by Crippen LogP contribution is -2.04. The number of rotatable bonds is 4. The third kappa shape index (κ3) is 3.51. The van der Waals surface area contributed by atoms with Crippen LogP contribution in [0.4, 0.5) is 0 Å². The van der Waals surface area contributed by atoms with Crippen LogP contribution in [0.5, 0.6) is 11.5 Å². The predicted octanol–water partition coefficient (Wildman–Crippen LogP) is 4.80. The van der Waals surface area contributed by atoms with Crippen molar-refractivity contribution in [3.05, 3.63) is 67.9 Å². The number of hydrogen-bond donors (Lipinski definition) is 0. The number of methoxy groups -OCH3 is 1. The fourth-order valence-corrected chi connectivity index (χ4v) is 3.00. The van der Waals surface area contributed by atoms with E-state index in [2.05, 4.69) is 15.9 Å². The summed E-state index contributed by atoms with van der Waals surface area (Å²) in [5.41, 5.74) is 0.769. The van der Waals surface area contributed by atoms with Gasteiger partial charge in [-0.15, -0.1) is 0 Å². The van der Waals surface area contributed by atoms with Crippen LogP contribution in [0.3, 0.4) is 0 Å². The Morgan fingerprint density at radius 3 is 2.74 bits per heavy atom. The van der Waals surface area contributed by atoms with E-state index in [0.29, 0.717) is 22.1 Å². The van der Waals surface area contributed by atoms with Crippen molar-refractivity contribution in [3.63, 3.8) is 0 Å². The highest BCUT2D eigenvalue weighted by Gasteiger charge is 2.09. The molecule has 0 atom stereocenters. The van der Waals surface area contributed by atoms with Crippen LogP contribution < -0.4 is 15.1 Å². The fraction of sp³-hybridized carbons (Fsp3) is 0.118. The van der Waals surface area contributed by atoms with Gasteiger partial charge >= 0.3 is 5.63 Å². The Morgan fingerprint density at radius 2 is 2.00 bits per heavy atom. The molecule has 0 saturated carbocycles. The van der Waals surface area contributed by atoms with Crippen molar-refractivity contribution >= 4 is 38.5 Å². The van der Waals surface area contributed by atoms with Crippen molar-refractivity contribution in [3.8, 4) is 11.5 Å². The van der Waals surface area contributed by atoms with Gasteiger partial charge in [-0.05, 0) is 46.3 Å². The molecule has 6 heteroatoms. The van der Waals surface area contributed by atoms with E-state index < -0.39 is 5.63 Å². The van der Waals surface area contributed by atoms with Gasteiger partial charge in [-0.1, -0.05) is 11.6 Å². The summed E-state index contributed by atoms with van der Waals surface area (Å²) in [7, 11) is 1.56. The van der Waals surface area contributed by atoms with Crippen LogP contribution >= 0.6 is 27.5 Å². The molecule has 3 rings (SSSR count). The Kier molecular flexibility index (Phi) is 4.59. The van der Waals surface area contributed by atoms with Crippen LogP contribution in [0.25, 0.3) is 11.0 Å². The molecule has 0 fully saturated rings. The predicted molar refractivity (Wildman–Crippen MR) is 92.5 cm³/mol. The summed E-state index contributed by atoms with van der Waals surface area (Å²) < 4.78 is 16.9. The summed E-state index contributed by atoms with van der Waals surface area (Å²) in [5, 5.41) is 1.41. The number of halogens is 2. The first-order valence-electron chi connectivity index (χ1n) is 6.75. The van der Waals surface area contributed by atoms with Gasteiger partial charge in [0.1, 0.15) is 23.7 Å². The number of hydrogen-bond acceptors (Lipinski definition) is 4.